The highest BCUT2D eigenvalue weighted by Gasteiger charge is 2.60. The maximum Gasteiger partial charge on any atom is 0.317 e. The molecule has 10 rings (SSSR count). The number of nitrogens with two attached hydrogens (primary N) is 2. The van der Waals surface area contributed by atoms with Crippen molar-refractivity contribution < 1.29 is 73.4 Å². The van der Waals surface area contributed by atoms with Crippen LogP contribution in [0.4, 0.5) is 0 Å². The van der Waals surface area contributed by atoms with Crippen LogP contribution in [0.25, 0.3) is 0 Å². The van der Waals surface area contributed by atoms with E-state index in [4.69, 9.17) is 44.6 Å². The Morgan fingerprint density at radius 3 is 2.62 bits per heavy atom. The molecule has 0 unspecified atom stereocenters. The SMILES string of the molecule is NC(N)[C@H](OC(=O)CC(=O)O)[C@H]1O[C@H]2Oc3cc4c(c(CN5CC6=CC=NC6=C5CO)c3CC[C@@]2(O)[C@@H](O)[C@@H]1O)[C@@H]1Oc2c3ccc(OCO)c2OCCC#C[C@@H](c2ccccc2)[C@@H](O4)[C@@H]31. The van der Waals surface area contributed by atoms with Crippen molar-refractivity contribution in [1.82, 2.24) is 4.90 Å². The summed E-state index contributed by atoms with van der Waals surface area (Å²) >= 11 is 0. The molecule has 7 aliphatic heterocycles. The number of hydrogen-bond acceptors (Lipinski definition) is 18. The van der Waals surface area contributed by atoms with E-state index in [2.05, 4.69) is 16.8 Å². The summed E-state index contributed by atoms with van der Waals surface area (Å²) in [6.07, 6.45) is -9.31. The summed E-state index contributed by atoms with van der Waals surface area (Å²) in [6.45, 7) is -0.173. The third kappa shape index (κ3) is 7.30. The smallest absolute Gasteiger partial charge is 0.317 e. The summed E-state index contributed by atoms with van der Waals surface area (Å²) < 4.78 is 44.4. The number of allylic oxidation sites excluding steroid dienone is 1. The molecular weight excluding hydrogens is 861 g/mol. The van der Waals surface area contributed by atoms with Gasteiger partial charge in [0.2, 0.25) is 12.0 Å². The van der Waals surface area contributed by atoms with Crippen molar-refractivity contribution in [2.75, 3.05) is 26.6 Å². The van der Waals surface area contributed by atoms with E-state index in [9.17, 15) is 40.2 Å². The lowest BCUT2D eigenvalue weighted by Gasteiger charge is -2.48. The molecule has 4 bridgehead atoms. The number of nitrogens with zero attached hydrogens (tertiary/aromatic N) is 2. The molecule has 10 atom stereocenters. The average molecular weight is 909 g/mol. The first-order valence-corrected chi connectivity index (χ1v) is 21.6. The quantitative estimate of drug-likeness (QED) is 0.0570. The van der Waals surface area contributed by atoms with Gasteiger partial charge in [0.1, 0.15) is 48.4 Å². The van der Waals surface area contributed by atoms with E-state index in [1.807, 2.05) is 47.4 Å². The topological polar surface area (TPSA) is 288 Å². The number of fused-ring (bicyclic) bond motifs is 5. The number of carbonyl (C=O) groups excluding carboxylic acids is 1. The molecule has 7 aliphatic rings. The average Bonchev–Trinajstić information content (AvgIpc) is 3.97. The third-order valence-electron chi connectivity index (χ3n) is 13.3. The summed E-state index contributed by atoms with van der Waals surface area (Å²) in [5.74, 6) is 4.54. The normalized spacial score (nSPS) is 29.2. The van der Waals surface area contributed by atoms with Crippen LogP contribution in [-0.4, -0.2) is 129 Å². The minimum atomic E-state index is -2.28. The van der Waals surface area contributed by atoms with Crippen LogP contribution in [0.1, 0.15) is 65.0 Å². The third-order valence-corrected chi connectivity index (χ3v) is 13.3. The van der Waals surface area contributed by atoms with E-state index in [-0.39, 0.29) is 44.1 Å². The lowest BCUT2D eigenvalue weighted by atomic mass is 9.75. The highest BCUT2D eigenvalue weighted by molar-refractivity contribution is 5.90. The molecule has 0 spiro atoms. The van der Waals surface area contributed by atoms with E-state index < -0.39 is 91.7 Å². The van der Waals surface area contributed by atoms with Crippen LogP contribution in [-0.2, 0) is 32.0 Å². The highest BCUT2D eigenvalue weighted by atomic mass is 16.7. The van der Waals surface area contributed by atoms with Gasteiger partial charge in [-0.15, -0.1) is 0 Å². The van der Waals surface area contributed by atoms with Gasteiger partial charge in [0.05, 0.1) is 42.6 Å². The molecule has 0 saturated carbocycles. The van der Waals surface area contributed by atoms with Crippen LogP contribution < -0.4 is 35.2 Å². The van der Waals surface area contributed by atoms with Gasteiger partial charge in [-0.2, -0.15) is 0 Å². The number of esters is 1. The molecule has 346 valence electrons. The molecule has 0 amide bonds. The van der Waals surface area contributed by atoms with Gasteiger partial charge in [-0.25, -0.2) is 0 Å². The number of rotatable bonds is 11. The number of aliphatic carboxylic acids is 1. The van der Waals surface area contributed by atoms with Crippen LogP contribution in [0.5, 0.6) is 28.7 Å². The number of benzene rings is 3. The van der Waals surface area contributed by atoms with Crippen LogP contribution in [0.3, 0.4) is 0 Å². The maximum atomic E-state index is 12.5. The fourth-order valence-corrected chi connectivity index (χ4v) is 10.3. The second kappa shape index (κ2) is 17.2. The van der Waals surface area contributed by atoms with E-state index in [1.165, 1.54) is 0 Å². The molecule has 7 heterocycles. The van der Waals surface area contributed by atoms with E-state index >= 15 is 0 Å². The number of carboxylic acids is 1. The summed E-state index contributed by atoms with van der Waals surface area (Å²) in [5.41, 5.74) is 15.4. The number of carbonyl (C=O) groups is 2. The summed E-state index contributed by atoms with van der Waals surface area (Å²) in [5, 5.41) is 65.4. The van der Waals surface area contributed by atoms with Crippen LogP contribution in [0.15, 0.2) is 76.6 Å². The Bertz CT molecular complexity index is 2610. The Kier molecular flexibility index (Phi) is 11.4. The van der Waals surface area contributed by atoms with E-state index in [0.29, 0.717) is 58.3 Å². The fraction of sp³-hybridized carbons (Fsp3) is 0.426. The van der Waals surface area contributed by atoms with Crippen molar-refractivity contribution in [3.63, 3.8) is 0 Å². The highest BCUT2D eigenvalue weighted by Crippen LogP contribution is 2.62. The van der Waals surface area contributed by atoms with Crippen molar-refractivity contribution in [3.05, 3.63) is 99.4 Å². The molecule has 66 heavy (non-hydrogen) atoms. The number of aliphatic imine (C=N–C) groups is 1. The first kappa shape index (κ1) is 43.7. The molecule has 19 heteroatoms. The molecule has 10 N–H and O–H groups in total. The van der Waals surface area contributed by atoms with Crippen molar-refractivity contribution >= 4 is 18.2 Å². The van der Waals surface area contributed by atoms with Gasteiger partial charge in [-0.3, -0.25) is 14.6 Å². The summed E-state index contributed by atoms with van der Waals surface area (Å²) in [6, 6.07) is 15.0. The lowest BCUT2D eigenvalue weighted by Crippen LogP contribution is -2.71. The second-order valence-electron chi connectivity index (χ2n) is 17.1. The van der Waals surface area contributed by atoms with Crippen molar-refractivity contribution in [2.45, 2.75) is 98.7 Å². The minimum absolute atomic E-state index is 0.0463. The molecule has 3 aromatic rings. The predicted octanol–water partition coefficient (Wildman–Crippen LogP) is 0.726. The minimum Gasteiger partial charge on any atom is -0.487 e. The Labute approximate surface area is 377 Å². The molecule has 0 aromatic heterocycles. The van der Waals surface area contributed by atoms with Gasteiger partial charge in [0, 0.05) is 54.1 Å². The fourth-order valence-electron chi connectivity index (χ4n) is 10.3. The van der Waals surface area contributed by atoms with Gasteiger partial charge in [0.15, 0.2) is 30.0 Å². The maximum absolute atomic E-state index is 12.5. The largest absolute Gasteiger partial charge is 0.487 e. The standard InChI is InChI=1S/C47H48N4O15/c48-45(49)43(64-33(56)17-32(54)55)42-37(57)44(58)47(59)13-11-25-27(19-51-18-23-12-14-50-36(23)28(51)20-52)34-31(16-30(25)63-46(47)66-42)62-38-24(22-6-2-1-3-7-22)8-4-5-15-60-40-29(61-21-53)10-9-26-35(38)41(34)65-39(26)40/h1-3,6-7,9-10,12,14,16,24,35,37-38,41-46,52-53,57-59H,5,11,13,15,17-21,48-49H2,(H,54,55)/t24-,35+,37+,38+,41-,42-,43+,44-,46+,47+/m0/s1. The monoisotopic (exact) mass is 908 g/mol. The van der Waals surface area contributed by atoms with Gasteiger partial charge >= 0.3 is 11.9 Å². The number of ether oxygens (including phenoxy) is 7. The van der Waals surface area contributed by atoms with Crippen molar-refractivity contribution in [1.29, 1.82) is 0 Å². The lowest BCUT2D eigenvalue weighted by molar-refractivity contribution is -0.329. The zero-order valence-corrected chi connectivity index (χ0v) is 35.3. The summed E-state index contributed by atoms with van der Waals surface area (Å²) in [7, 11) is 0. The van der Waals surface area contributed by atoms with Gasteiger partial charge in [-0.05, 0) is 36.1 Å². The molecule has 0 aliphatic carbocycles. The number of hydrogen-bond donors (Lipinski definition) is 8. The van der Waals surface area contributed by atoms with Crippen LogP contribution >= 0.6 is 0 Å². The molecular formula is C47H48N4O15. The predicted molar refractivity (Wildman–Crippen MR) is 228 cm³/mol. The number of aliphatic hydroxyl groups excluding tert-OH is 4. The zero-order chi connectivity index (χ0) is 46.0. The Hall–Kier alpha value is -6.21. The molecule has 1 fully saturated rings. The van der Waals surface area contributed by atoms with Gasteiger partial charge in [-0.1, -0.05) is 48.2 Å². The number of carboxylic acid groups (broad SMARTS) is 1. The Morgan fingerprint density at radius 1 is 1.05 bits per heavy atom. The number of aliphatic hydroxyl groups is 5. The summed E-state index contributed by atoms with van der Waals surface area (Å²) in [4.78, 5) is 30.4. The van der Waals surface area contributed by atoms with Crippen molar-refractivity contribution in [3.8, 4) is 40.6 Å². The van der Waals surface area contributed by atoms with Crippen molar-refractivity contribution in [2.24, 2.45) is 16.5 Å². The van der Waals surface area contributed by atoms with Crippen LogP contribution in [0, 0.1) is 11.8 Å². The van der Waals surface area contributed by atoms with Crippen LogP contribution in [0.2, 0.25) is 0 Å². The molecule has 19 nitrogen and oxygen atoms in total. The first-order valence-electron chi connectivity index (χ1n) is 21.6. The van der Waals surface area contributed by atoms with E-state index in [0.717, 1.165) is 16.7 Å². The first-order chi connectivity index (χ1) is 31.9. The Morgan fingerprint density at radius 2 is 1.86 bits per heavy atom. The van der Waals surface area contributed by atoms with Gasteiger partial charge < -0.3 is 80.2 Å². The van der Waals surface area contributed by atoms with E-state index in [1.54, 1.807) is 18.3 Å². The molecule has 0 radical (unpaired) electrons. The molecule has 3 aromatic carbocycles. The second-order valence-corrected chi connectivity index (χ2v) is 17.1. The van der Waals surface area contributed by atoms with Gasteiger partial charge in [0.25, 0.3) is 0 Å². The molecule has 1 saturated heterocycles. The zero-order valence-electron chi connectivity index (χ0n) is 35.3. The Balaban J connectivity index is 1.14.